The number of fused-ring (bicyclic) bond motifs is 1. The quantitative estimate of drug-likeness (QED) is 0.745. The topological polar surface area (TPSA) is 58.1 Å². The first-order valence-electron chi connectivity index (χ1n) is 9.25. The number of rotatable bonds is 5. The number of aryl methyl sites for hydroxylation is 1. The summed E-state index contributed by atoms with van der Waals surface area (Å²) in [6.07, 6.45) is 2.13. The third-order valence-corrected chi connectivity index (χ3v) is 4.86. The zero-order valence-electron chi connectivity index (χ0n) is 15.3. The smallest absolute Gasteiger partial charge is 0.225 e. The monoisotopic (exact) mass is 358 g/mol. The van der Waals surface area contributed by atoms with Gasteiger partial charge >= 0.3 is 0 Å². The first-order valence-corrected chi connectivity index (χ1v) is 9.25. The van der Waals surface area contributed by atoms with Crippen molar-refractivity contribution in [1.82, 2.24) is 10.2 Å². The highest BCUT2D eigenvalue weighted by Crippen LogP contribution is 2.36. The predicted octanol–water partition coefficient (Wildman–Crippen LogP) is 4.13. The van der Waals surface area contributed by atoms with Crippen LogP contribution in [0.15, 0.2) is 66.7 Å². The molecule has 27 heavy (non-hydrogen) atoms. The Morgan fingerprint density at radius 1 is 1.04 bits per heavy atom. The Morgan fingerprint density at radius 2 is 1.81 bits per heavy atom. The van der Waals surface area contributed by atoms with E-state index in [1.165, 1.54) is 11.3 Å². The lowest BCUT2D eigenvalue weighted by molar-refractivity contribution is -0.116. The molecule has 136 valence electrons. The molecule has 2 aromatic carbocycles. The number of carbonyl (C=O) groups excluding carboxylic acids is 1. The zero-order chi connectivity index (χ0) is 18.6. The minimum absolute atomic E-state index is 0.0548. The van der Waals surface area contributed by atoms with Crippen LogP contribution in [0.1, 0.15) is 24.5 Å². The molecule has 5 heteroatoms. The van der Waals surface area contributed by atoms with Crippen molar-refractivity contribution < 1.29 is 4.79 Å². The van der Waals surface area contributed by atoms with Gasteiger partial charge in [-0.1, -0.05) is 48.5 Å². The number of nitrogens with one attached hydrogen (secondary N) is 1. The molecule has 0 bridgehead atoms. The summed E-state index contributed by atoms with van der Waals surface area (Å²) in [4.78, 5) is 14.4. The van der Waals surface area contributed by atoms with Crippen LogP contribution in [0.2, 0.25) is 0 Å². The average Bonchev–Trinajstić information content (AvgIpc) is 3.04. The van der Waals surface area contributed by atoms with E-state index in [1.807, 2.05) is 48.5 Å². The van der Waals surface area contributed by atoms with Crippen molar-refractivity contribution in [1.29, 1.82) is 0 Å². The molecule has 0 radical (unpaired) electrons. The van der Waals surface area contributed by atoms with E-state index in [0.717, 1.165) is 17.8 Å². The molecule has 1 unspecified atom stereocenters. The number of hydrogen-bond acceptors (Lipinski definition) is 4. The molecule has 1 amide bonds. The van der Waals surface area contributed by atoms with Gasteiger partial charge in [-0.05, 0) is 49.1 Å². The number of anilines is 3. The van der Waals surface area contributed by atoms with Crippen molar-refractivity contribution in [3.8, 4) is 0 Å². The molecule has 3 aromatic rings. The van der Waals surface area contributed by atoms with Crippen molar-refractivity contribution in [3.63, 3.8) is 0 Å². The minimum Gasteiger partial charge on any atom is -0.321 e. The number of carbonyl (C=O) groups is 1. The summed E-state index contributed by atoms with van der Waals surface area (Å²) in [5, 5.41) is 11.4. The van der Waals surface area contributed by atoms with E-state index in [2.05, 4.69) is 45.5 Å². The molecule has 1 aromatic heterocycles. The maximum Gasteiger partial charge on any atom is 0.225 e. The Hall–Kier alpha value is -3.21. The Bertz CT molecular complexity index is 925. The number of aromatic nitrogens is 2. The SMILES string of the molecule is CC1Cc2ccccc2N1c1ccc(NC(=O)CCc2ccccc2)nn1. The van der Waals surface area contributed by atoms with E-state index in [0.29, 0.717) is 24.7 Å². The molecule has 1 aliphatic heterocycles. The normalized spacial score (nSPS) is 15.4. The fourth-order valence-electron chi connectivity index (χ4n) is 3.54. The maximum atomic E-state index is 12.2. The number of amides is 1. The third kappa shape index (κ3) is 3.82. The number of para-hydroxylation sites is 1. The van der Waals surface area contributed by atoms with E-state index < -0.39 is 0 Å². The first-order chi connectivity index (χ1) is 13.2. The molecule has 5 nitrogen and oxygen atoms in total. The minimum atomic E-state index is -0.0548. The van der Waals surface area contributed by atoms with Crippen molar-refractivity contribution in [2.24, 2.45) is 0 Å². The van der Waals surface area contributed by atoms with Gasteiger partial charge < -0.3 is 10.2 Å². The summed E-state index contributed by atoms with van der Waals surface area (Å²) in [7, 11) is 0. The van der Waals surface area contributed by atoms with Crippen LogP contribution in [0.25, 0.3) is 0 Å². The lowest BCUT2D eigenvalue weighted by Crippen LogP contribution is -2.25. The van der Waals surface area contributed by atoms with Crippen molar-refractivity contribution in [3.05, 3.63) is 77.9 Å². The molecule has 0 aliphatic carbocycles. The van der Waals surface area contributed by atoms with Gasteiger partial charge in [-0.2, -0.15) is 0 Å². The number of benzene rings is 2. The van der Waals surface area contributed by atoms with Crippen molar-refractivity contribution in [2.75, 3.05) is 10.2 Å². The van der Waals surface area contributed by atoms with Crippen LogP contribution in [0.5, 0.6) is 0 Å². The second kappa shape index (κ2) is 7.58. The summed E-state index contributed by atoms with van der Waals surface area (Å²) in [5.74, 6) is 1.23. The highest BCUT2D eigenvalue weighted by molar-refractivity contribution is 5.89. The second-order valence-corrected chi connectivity index (χ2v) is 6.86. The number of hydrogen-bond donors (Lipinski definition) is 1. The van der Waals surface area contributed by atoms with Gasteiger partial charge in [0, 0.05) is 18.2 Å². The standard InChI is InChI=1S/C22H22N4O/c1-16-15-18-9-5-6-10-19(18)26(16)21-13-12-20(24-25-21)23-22(27)14-11-17-7-3-2-4-8-17/h2-10,12-13,16H,11,14-15H2,1H3,(H,23,24,27). The predicted molar refractivity (Wildman–Crippen MR) is 107 cm³/mol. The van der Waals surface area contributed by atoms with Gasteiger partial charge in [-0.15, -0.1) is 10.2 Å². The molecular formula is C22H22N4O. The highest BCUT2D eigenvalue weighted by atomic mass is 16.1. The molecule has 1 aliphatic rings. The van der Waals surface area contributed by atoms with Gasteiger partial charge in [-0.25, -0.2) is 0 Å². The van der Waals surface area contributed by atoms with Gasteiger partial charge in [0.15, 0.2) is 11.6 Å². The Morgan fingerprint density at radius 3 is 2.59 bits per heavy atom. The molecule has 0 spiro atoms. The summed E-state index contributed by atoms with van der Waals surface area (Å²) in [6, 6.07) is 22.4. The van der Waals surface area contributed by atoms with Crippen LogP contribution in [0, 0.1) is 0 Å². The van der Waals surface area contributed by atoms with Gasteiger partial charge in [0.05, 0.1) is 0 Å². The van der Waals surface area contributed by atoms with E-state index in [4.69, 9.17) is 0 Å². The Balaban J connectivity index is 1.40. The Labute approximate surface area is 159 Å². The highest BCUT2D eigenvalue weighted by Gasteiger charge is 2.27. The van der Waals surface area contributed by atoms with E-state index in [1.54, 1.807) is 0 Å². The van der Waals surface area contributed by atoms with Crippen molar-refractivity contribution in [2.45, 2.75) is 32.2 Å². The second-order valence-electron chi connectivity index (χ2n) is 6.86. The molecule has 1 atom stereocenters. The zero-order valence-corrected chi connectivity index (χ0v) is 15.3. The van der Waals surface area contributed by atoms with Gasteiger partial charge in [0.1, 0.15) is 0 Å². The van der Waals surface area contributed by atoms with Gasteiger partial charge in [0.25, 0.3) is 0 Å². The van der Waals surface area contributed by atoms with E-state index >= 15 is 0 Å². The van der Waals surface area contributed by atoms with Crippen molar-refractivity contribution >= 4 is 23.2 Å². The first kappa shape index (κ1) is 17.2. The van der Waals surface area contributed by atoms with Gasteiger partial charge in [-0.3, -0.25) is 4.79 Å². The average molecular weight is 358 g/mol. The summed E-state index contributed by atoms with van der Waals surface area (Å²) < 4.78 is 0. The molecule has 4 rings (SSSR count). The van der Waals surface area contributed by atoms with Gasteiger partial charge in [0.2, 0.25) is 5.91 Å². The lowest BCUT2D eigenvalue weighted by atomic mass is 10.1. The van der Waals surface area contributed by atoms with Crippen LogP contribution < -0.4 is 10.2 Å². The van der Waals surface area contributed by atoms with Crippen LogP contribution in [-0.4, -0.2) is 22.1 Å². The summed E-state index contributed by atoms with van der Waals surface area (Å²) in [5.41, 5.74) is 3.65. The van der Waals surface area contributed by atoms with Crippen LogP contribution in [-0.2, 0) is 17.6 Å². The number of nitrogens with zero attached hydrogens (tertiary/aromatic N) is 3. The van der Waals surface area contributed by atoms with Crippen LogP contribution in [0.3, 0.4) is 0 Å². The third-order valence-electron chi connectivity index (χ3n) is 4.86. The van der Waals surface area contributed by atoms with E-state index in [9.17, 15) is 4.79 Å². The summed E-state index contributed by atoms with van der Waals surface area (Å²) >= 11 is 0. The molecule has 0 saturated heterocycles. The largest absolute Gasteiger partial charge is 0.321 e. The lowest BCUT2D eigenvalue weighted by Gasteiger charge is -2.23. The molecule has 0 fully saturated rings. The molecular weight excluding hydrogens is 336 g/mol. The molecule has 0 saturated carbocycles. The summed E-state index contributed by atoms with van der Waals surface area (Å²) in [6.45, 7) is 2.18. The molecule has 1 N–H and O–H groups in total. The Kier molecular flexibility index (Phi) is 4.83. The van der Waals surface area contributed by atoms with Crippen LogP contribution in [0.4, 0.5) is 17.3 Å². The molecule has 2 heterocycles. The maximum absolute atomic E-state index is 12.2. The fourth-order valence-corrected chi connectivity index (χ4v) is 3.54. The fraction of sp³-hybridized carbons (Fsp3) is 0.227. The van der Waals surface area contributed by atoms with Crippen LogP contribution >= 0.6 is 0 Å². The van der Waals surface area contributed by atoms with E-state index in [-0.39, 0.29) is 5.91 Å².